The van der Waals surface area contributed by atoms with E-state index in [-0.39, 0.29) is 0 Å². The summed E-state index contributed by atoms with van der Waals surface area (Å²) in [6, 6.07) is 19.1. The van der Waals surface area contributed by atoms with E-state index in [9.17, 15) is 0 Å². The fraction of sp³-hybridized carbons (Fsp3) is 0.435. The van der Waals surface area contributed by atoms with Gasteiger partial charge in [-0.05, 0) is 37.1 Å². The molecule has 3 aromatic rings. The Bertz CT molecular complexity index is 841. The van der Waals surface area contributed by atoms with Gasteiger partial charge < -0.3 is 14.5 Å². The molecule has 0 N–H and O–H groups in total. The van der Waals surface area contributed by atoms with E-state index in [4.69, 9.17) is 9.72 Å². The molecule has 0 saturated carbocycles. The normalized spacial score (nSPS) is 16.9. The van der Waals surface area contributed by atoms with Crippen LogP contribution in [0.2, 0.25) is 0 Å². The molecule has 0 bridgehead atoms. The zero-order chi connectivity index (χ0) is 19.3. The molecule has 1 atom stereocenters. The predicted molar refractivity (Wildman–Crippen MR) is 119 cm³/mol. The number of piperidine rings is 1. The number of hydrogen-bond donors (Lipinski definition) is 0. The van der Waals surface area contributed by atoms with Gasteiger partial charge in [-0.15, -0.1) is 0 Å². The van der Waals surface area contributed by atoms with Gasteiger partial charge in [0.25, 0.3) is 0 Å². The highest BCUT2D eigenvalue weighted by molar-refractivity contribution is 7.22. The third-order valence-electron chi connectivity index (χ3n) is 5.54. The first-order chi connectivity index (χ1) is 13.7. The van der Waals surface area contributed by atoms with Gasteiger partial charge in [-0.3, -0.25) is 0 Å². The largest absolute Gasteiger partial charge is 0.493 e. The number of likely N-dealkylation sites (tertiary alicyclic amines) is 1. The van der Waals surface area contributed by atoms with Crippen LogP contribution >= 0.6 is 11.3 Å². The fourth-order valence-corrected chi connectivity index (χ4v) is 4.90. The molecule has 2 aromatic carbocycles. The highest BCUT2D eigenvalue weighted by Crippen LogP contribution is 2.31. The average Bonchev–Trinajstić information content (AvgIpc) is 3.17. The van der Waals surface area contributed by atoms with Crippen LogP contribution in [0.5, 0.6) is 5.75 Å². The predicted octanol–water partition coefficient (Wildman–Crippen LogP) is 4.91. The summed E-state index contributed by atoms with van der Waals surface area (Å²) in [5.74, 6) is 1.49. The smallest absolute Gasteiger partial charge is 0.186 e. The van der Waals surface area contributed by atoms with Crippen LogP contribution in [-0.4, -0.2) is 49.2 Å². The number of ether oxygens (including phenoxy) is 1. The summed E-state index contributed by atoms with van der Waals surface area (Å²) in [7, 11) is 2.20. The van der Waals surface area contributed by atoms with Crippen LogP contribution in [0.1, 0.15) is 19.8 Å². The standard InChI is InChI=1S/C23H29N3OS/c1-18(17-27-20-8-4-3-5-9-20)16-26-14-12-19(13-15-26)25(2)23-24-21-10-6-7-11-22(21)28-23/h3-11,18-19H,12-17H2,1-2H3. The van der Waals surface area contributed by atoms with E-state index in [1.54, 1.807) is 11.3 Å². The summed E-state index contributed by atoms with van der Waals surface area (Å²) in [6.07, 6.45) is 2.39. The van der Waals surface area contributed by atoms with Crippen molar-refractivity contribution in [2.45, 2.75) is 25.8 Å². The van der Waals surface area contributed by atoms with E-state index < -0.39 is 0 Å². The summed E-state index contributed by atoms with van der Waals surface area (Å²) >= 11 is 1.80. The van der Waals surface area contributed by atoms with Gasteiger partial charge in [-0.1, -0.05) is 48.6 Å². The molecule has 4 nitrogen and oxygen atoms in total. The highest BCUT2D eigenvalue weighted by Gasteiger charge is 2.25. The van der Waals surface area contributed by atoms with E-state index in [2.05, 4.69) is 48.0 Å². The van der Waals surface area contributed by atoms with Crippen LogP contribution in [0.3, 0.4) is 0 Å². The molecular formula is C23H29N3OS. The van der Waals surface area contributed by atoms with E-state index >= 15 is 0 Å². The molecule has 1 aliphatic heterocycles. The highest BCUT2D eigenvalue weighted by atomic mass is 32.1. The topological polar surface area (TPSA) is 28.6 Å². The zero-order valence-corrected chi connectivity index (χ0v) is 17.6. The molecular weight excluding hydrogens is 366 g/mol. The van der Waals surface area contributed by atoms with Crippen LogP contribution in [0.15, 0.2) is 54.6 Å². The minimum absolute atomic E-state index is 0.527. The average molecular weight is 396 g/mol. The van der Waals surface area contributed by atoms with Gasteiger partial charge in [0.05, 0.1) is 16.8 Å². The molecule has 0 aliphatic carbocycles. The first kappa shape index (κ1) is 19.2. The number of fused-ring (bicyclic) bond motifs is 1. The summed E-state index contributed by atoms with van der Waals surface area (Å²) in [4.78, 5) is 9.80. The number of nitrogens with zero attached hydrogens (tertiary/aromatic N) is 3. The second-order valence-electron chi connectivity index (χ2n) is 7.84. The van der Waals surface area contributed by atoms with Gasteiger partial charge in [0.1, 0.15) is 5.75 Å². The summed E-state index contributed by atoms with van der Waals surface area (Å²) in [5, 5.41) is 1.14. The molecule has 1 saturated heterocycles. The van der Waals surface area contributed by atoms with Crippen molar-refractivity contribution in [1.29, 1.82) is 0 Å². The quantitative estimate of drug-likeness (QED) is 0.568. The van der Waals surface area contributed by atoms with Crippen molar-refractivity contribution in [3.63, 3.8) is 0 Å². The van der Waals surface area contributed by atoms with Crippen molar-refractivity contribution >= 4 is 26.7 Å². The van der Waals surface area contributed by atoms with Gasteiger partial charge in [0, 0.05) is 38.6 Å². The molecule has 0 radical (unpaired) electrons. The Kier molecular flexibility index (Phi) is 6.13. The fourth-order valence-electron chi connectivity index (χ4n) is 3.90. The Morgan fingerprint density at radius 2 is 1.82 bits per heavy atom. The van der Waals surface area contributed by atoms with Crippen molar-refractivity contribution in [2.24, 2.45) is 5.92 Å². The molecule has 28 heavy (non-hydrogen) atoms. The van der Waals surface area contributed by atoms with Gasteiger partial charge in [0.15, 0.2) is 5.13 Å². The monoisotopic (exact) mass is 395 g/mol. The number of anilines is 1. The molecule has 1 aliphatic rings. The summed E-state index contributed by atoms with van der Waals surface area (Å²) in [5.41, 5.74) is 1.11. The number of para-hydroxylation sites is 2. The number of benzene rings is 2. The lowest BCUT2D eigenvalue weighted by atomic mass is 10.0. The number of aromatic nitrogens is 1. The Labute approximate surface area is 171 Å². The first-order valence-electron chi connectivity index (χ1n) is 10.2. The SMILES string of the molecule is CC(COc1ccccc1)CN1CCC(N(C)c2nc3ccccc3s2)CC1. The van der Waals surface area contributed by atoms with Gasteiger partial charge >= 0.3 is 0 Å². The summed E-state index contributed by atoms with van der Waals surface area (Å²) < 4.78 is 7.19. The zero-order valence-electron chi connectivity index (χ0n) is 16.8. The molecule has 5 heteroatoms. The van der Waals surface area contributed by atoms with Crippen LogP contribution < -0.4 is 9.64 Å². The molecule has 148 valence electrons. The lowest BCUT2D eigenvalue weighted by Gasteiger charge is -2.37. The molecule has 1 aromatic heterocycles. The molecule has 1 unspecified atom stereocenters. The van der Waals surface area contributed by atoms with Crippen molar-refractivity contribution in [1.82, 2.24) is 9.88 Å². The number of hydrogen-bond acceptors (Lipinski definition) is 5. The first-order valence-corrected chi connectivity index (χ1v) is 11.0. The van der Waals surface area contributed by atoms with E-state index in [1.807, 2.05) is 30.3 Å². The Balaban J connectivity index is 1.24. The molecule has 4 rings (SSSR count). The second kappa shape index (κ2) is 8.93. The van der Waals surface area contributed by atoms with Gasteiger partial charge in [-0.2, -0.15) is 0 Å². The number of rotatable bonds is 7. The van der Waals surface area contributed by atoms with Crippen molar-refractivity contribution in [2.75, 3.05) is 38.2 Å². The van der Waals surface area contributed by atoms with Gasteiger partial charge in [0.2, 0.25) is 0 Å². The molecule has 0 spiro atoms. The Hall–Kier alpha value is -2.11. The molecule has 1 fully saturated rings. The lowest BCUT2D eigenvalue weighted by Crippen LogP contribution is -2.45. The third kappa shape index (κ3) is 4.65. The van der Waals surface area contributed by atoms with E-state index in [1.165, 1.54) is 17.5 Å². The van der Waals surface area contributed by atoms with Crippen LogP contribution in [0, 0.1) is 5.92 Å². The van der Waals surface area contributed by atoms with E-state index in [0.717, 1.165) is 42.6 Å². The Morgan fingerprint density at radius 1 is 1.11 bits per heavy atom. The van der Waals surface area contributed by atoms with Crippen LogP contribution in [0.4, 0.5) is 5.13 Å². The minimum Gasteiger partial charge on any atom is -0.493 e. The van der Waals surface area contributed by atoms with Gasteiger partial charge in [-0.25, -0.2) is 4.98 Å². The maximum absolute atomic E-state index is 5.91. The maximum atomic E-state index is 5.91. The van der Waals surface area contributed by atoms with Crippen LogP contribution in [0.25, 0.3) is 10.2 Å². The van der Waals surface area contributed by atoms with E-state index in [0.29, 0.717) is 12.0 Å². The second-order valence-corrected chi connectivity index (χ2v) is 8.85. The molecule has 0 amide bonds. The van der Waals surface area contributed by atoms with Crippen LogP contribution in [-0.2, 0) is 0 Å². The summed E-state index contributed by atoms with van der Waals surface area (Å²) in [6.45, 7) is 6.45. The lowest BCUT2D eigenvalue weighted by molar-refractivity contribution is 0.156. The minimum atomic E-state index is 0.527. The third-order valence-corrected chi connectivity index (χ3v) is 6.66. The van der Waals surface area contributed by atoms with Crippen molar-refractivity contribution in [3.8, 4) is 5.75 Å². The number of thiazole rings is 1. The van der Waals surface area contributed by atoms with Crippen molar-refractivity contribution < 1.29 is 4.74 Å². The maximum Gasteiger partial charge on any atom is 0.186 e. The Morgan fingerprint density at radius 3 is 2.57 bits per heavy atom. The van der Waals surface area contributed by atoms with Crippen molar-refractivity contribution in [3.05, 3.63) is 54.6 Å². The molecule has 2 heterocycles.